The van der Waals surface area contributed by atoms with Gasteiger partial charge in [0, 0.05) is 24.8 Å². The molecule has 0 bridgehead atoms. The molecular formula is C23H23N7O. The van der Waals surface area contributed by atoms with Crippen molar-refractivity contribution in [3.63, 3.8) is 0 Å². The quantitative estimate of drug-likeness (QED) is 0.462. The normalized spacial score (nSPS) is 11.5. The van der Waals surface area contributed by atoms with E-state index in [1.807, 2.05) is 47.7 Å². The summed E-state index contributed by atoms with van der Waals surface area (Å²) in [6.07, 6.45) is 1.76. The topological polar surface area (TPSA) is 89.5 Å². The molecule has 0 aliphatic rings. The zero-order valence-corrected chi connectivity index (χ0v) is 17.5. The molecule has 5 aromatic rings. The number of aryl methyl sites for hydroxylation is 3. The zero-order chi connectivity index (χ0) is 21.4. The predicted molar refractivity (Wildman–Crippen MR) is 118 cm³/mol. The highest BCUT2D eigenvalue weighted by Gasteiger charge is 2.16. The SMILES string of the molecule is Cc1ccc(CNC(=O)CCCc2nnc3n4nc(C)nc4c4ccccc4n23)cc1. The van der Waals surface area contributed by atoms with Crippen LogP contribution >= 0.6 is 0 Å². The Balaban J connectivity index is 1.33. The van der Waals surface area contributed by atoms with Crippen molar-refractivity contribution in [2.45, 2.75) is 39.7 Å². The molecular weight excluding hydrogens is 390 g/mol. The number of para-hydroxylation sites is 1. The van der Waals surface area contributed by atoms with Gasteiger partial charge >= 0.3 is 0 Å². The third kappa shape index (κ3) is 3.61. The minimum atomic E-state index is 0.0357. The van der Waals surface area contributed by atoms with Crippen molar-refractivity contribution >= 4 is 28.2 Å². The number of amides is 1. The summed E-state index contributed by atoms with van der Waals surface area (Å²) in [5, 5.41) is 17.2. The second-order valence-corrected chi connectivity index (χ2v) is 7.78. The monoisotopic (exact) mass is 413 g/mol. The molecule has 0 spiro atoms. The van der Waals surface area contributed by atoms with Crippen LogP contribution in [0.3, 0.4) is 0 Å². The second kappa shape index (κ2) is 7.79. The Morgan fingerprint density at radius 3 is 2.68 bits per heavy atom. The zero-order valence-electron chi connectivity index (χ0n) is 17.5. The van der Waals surface area contributed by atoms with Gasteiger partial charge in [0.05, 0.1) is 5.52 Å². The molecule has 3 heterocycles. The smallest absolute Gasteiger partial charge is 0.258 e. The van der Waals surface area contributed by atoms with E-state index in [-0.39, 0.29) is 5.91 Å². The van der Waals surface area contributed by atoms with Crippen LogP contribution in [-0.4, -0.2) is 35.1 Å². The lowest BCUT2D eigenvalue weighted by Gasteiger charge is -2.07. The van der Waals surface area contributed by atoms with Crippen LogP contribution in [0, 0.1) is 13.8 Å². The van der Waals surface area contributed by atoms with Crippen LogP contribution in [0.1, 0.15) is 35.6 Å². The number of fused-ring (bicyclic) bond motifs is 6. The molecule has 156 valence electrons. The number of aromatic nitrogens is 6. The number of carbonyl (C=O) groups excluding carboxylic acids is 1. The fraction of sp³-hybridized carbons (Fsp3) is 0.261. The molecule has 8 nitrogen and oxygen atoms in total. The fourth-order valence-electron chi connectivity index (χ4n) is 3.84. The average Bonchev–Trinajstić information content (AvgIpc) is 3.37. The van der Waals surface area contributed by atoms with Gasteiger partial charge in [0.2, 0.25) is 5.91 Å². The molecule has 0 aliphatic carbocycles. The summed E-state index contributed by atoms with van der Waals surface area (Å²) in [7, 11) is 0. The fourth-order valence-corrected chi connectivity index (χ4v) is 3.84. The van der Waals surface area contributed by atoms with E-state index >= 15 is 0 Å². The van der Waals surface area contributed by atoms with E-state index in [9.17, 15) is 4.79 Å². The Kier molecular flexibility index (Phi) is 4.82. The molecule has 3 aromatic heterocycles. The number of carbonyl (C=O) groups is 1. The first-order valence-corrected chi connectivity index (χ1v) is 10.4. The highest BCUT2D eigenvalue weighted by atomic mass is 16.1. The van der Waals surface area contributed by atoms with Gasteiger partial charge in [-0.15, -0.1) is 15.3 Å². The second-order valence-electron chi connectivity index (χ2n) is 7.78. The summed E-state index contributed by atoms with van der Waals surface area (Å²) in [5.41, 5.74) is 4.07. The number of nitrogens with zero attached hydrogens (tertiary/aromatic N) is 6. The number of nitrogens with one attached hydrogen (secondary N) is 1. The van der Waals surface area contributed by atoms with Crippen molar-refractivity contribution < 1.29 is 4.79 Å². The minimum absolute atomic E-state index is 0.0357. The summed E-state index contributed by atoms with van der Waals surface area (Å²) >= 11 is 0. The molecule has 0 atom stereocenters. The van der Waals surface area contributed by atoms with Crippen LogP contribution in [-0.2, 0) is 17.8 Å². The summed E-state index contributed by atoms with van der Waals surface area (Å²) in [6.45, 7) is 4.46. The van der Waals surface area contributed by atoms with E-state index in [1.165, 1.54) is 5.56 Å². The van der Waals surface area contributed by atoms with Gasteiger partial charge in [-0.25, -0.2) is 4.98 Å². The highest BCUT2D eigenvalue weighted by Crippen LogP contribution is 2.22. The van der Waals surface area contributed by atoms with E-state index < -0.39 is 0 Å². The Labute approximate surface area is 178 Å². The molecule has 0 radical (unpaired) electrons. The maximum absolute atomic E-state index is 12.3. The molecule has 0 aliphatic heterocycles. The molecule has 1 N–H and O–H groups in total. The molecule has 1 amide bonds. The predicted octanol–water partition coefficient (Wildman–Crippen LogP) is 3.18. The van der Waals surface area contributed by atoms with Crippen LogP contribution in [0.5, 0.6) is 0 Å². The molecule has 0 saturated heterocycles. The Bertz CT molecular complexity index is 1400. The van der Waals surface area contributed by atoms with Crippen LogP contribution < -0.4 is 5.32 Å². The third-order valence-corrected chi connectivity index (χ3v) is 5.42. The van der Waals surface area contributed by atoms with Gasteiger partial charge < -0.3 is 5.32 Å². The summed E-state index contributed by atoms with van der Waals surface area (Å²) in [4.78, 5) is 16.8. The lowest BCUT2D eigenvalue weighted by atomic mass is 10.1. The number of rotatable bonds is 6. The van der Waals surface area contributed by atoms with Crippen LogP contribution in [0.4, 0.5) is 0 Å². The molecule has 2 aromatic carbocycles. The van der Waals surface area contributed by atoms with Gasteiger partial charge in [-0.05, 0) is 38.0 Å². The largest absolute Gasteiger partial charge is 0.352 e. The molecule has 0 unspecified atom stereocenters. The summed E-state index contributed by atoms with van der Waals surface area (Å²) < 4.78 is 3.75. The Hall–Kier alpha value is -3.81. The number of hydrogen-bond acceptors (Lipinski definition) is 5. The minimum Gasteiger partial charge on any atom is -0.352 e. The highest BCUT2D eigenvalue weighted by molar-refractivity contribution is 5.93. The van der Waals surface area contributed by atoms with Gasteiger partial charge in [-0.1, -0.05) is 42.0 Å². The molecule has 0 saturated carbocycles. The van der Waals surface area contributed by atoms with Gasteiger partial charge in [0.15, 0.2) is 5.65 Å². The van der Waals surface area contributed by atoms with E-state index in [0.717, 1.165) is 27.9 Å². The summed E-state index contributed by atoms with van der Waals surface area (Å²) in [6, 6.07) is 16.2. The van der Waals surface area contributed by atoms with Crippen LogP contribution in [0.2, 0.25) is 0 Å². The van der Waals surface area contributed by atoms with Gasteiger partial charge in [0.1, 0.15) is 11.6 Å². The van der Waals surface area contributed by atoms with Crippen LogP contribution in [0.15, 0.2) is 48.5 Å². The van der Waals surface area contributed by atoms with Crippen molar-refractivity contribution in [1.29, 1.82) is 0 Å². The van der Waals surface area contributed by atoms with Crippen LogP contribution in [0.25, 0.3) is 22.3 Å². The summed E-state index contributed by atoms with van der Waals surface area (Å²) in [5.74, 6) is 2.17. The first kappa shape index (κ1) is 19.2. The van der Waals surface area contributed by atoms with Crippen molar-refractivity contribution in [3.05, 3.63) is 71.3 Å². The van der Waals surface area contributed by atoms with Gasteiger partial charge in [-0.2, -0.15) is 4.52 Å². The third-order valence-electron chi connectivity index (χ3n) is 5.42. The number of hydrogen-bond donors (Lipinski definition) is 1. The van der Waals surface area contributed by atoms with Crippen molar-refractivity contribution in [1.82, 2.24) is 34.5 Å². The maximum Gasteiger partial charge on any atom is 0.258 e. The number of benzene rings is 2. The van der Waals surface area contributed by atoms with Crippen molar-refractivity contribution in [2.75, 3.05) is 0 Å². The van der Waals surface area contributed by atoms with Gasteiger partial charge in [-0.3, -0.25) is 9.20 Å². The molecule has 31 heavy (non-hydrogen) atoms. The standard InChI is InChI=1S/C23H23N7O/c1-15-10-12-17(13-11-15)14-24-21(31)9-5-8-20-26-27-23-29(20)19-7-4-3-6-18(19)22-25-16(2)28-30(22)23/h3-4,6-7,10-13H,5,8-9,14H2,1-2H3,(H,24,31). The average molecular weight is 413 g/mol. The van der Waals surface area contributed by atoms with Crippen molar-refractivity contribution in [3.8, 4) is 0 Å². The van der Waals surface area contributed by atoms with E-state index in [1.54, 1.807) is 4.52 Å². The maximum atomic E-state index is 12.3. The van der Waals surface area contributed by atoms with Crippen molar-refractivity contribution in [2.24, 2.45) is 0 Å². The first-order chi connectivity index (χ1) is 15.1. The van der Waals surface area contributed by atoms with E-state index in [2.05, 4.69) is 44.7 Å². The molecule has 8 heteroatoms. The molecule has 0 fully saturated rings. The Morgan fingerprint density at radius 1 is 1.03 bits per heavy atom. The Morgan fingerprint density at radius 2 is 1.84 bits per heavy atom. The van der Waals surface area contributed by atoms with E-state index in [4.69, 9.17) is 0 Å². The van der Waals surface area contributed by atoms with Gasteiger partial charge in [0.25, 0.3) is 5.78 Å². The lowest BCUT2D eigenvalue weighted by molar-refractivity contribution is -0.121. The molecule has 5 rings (SSSR count). The first-order valence-electron chi connectivity index (χ1n) is 10.4. The lowest BCUT2D eigenvalue weighted by Crippen LogP contribution is -2.22. The van der Waals surface area contributed by atoms with E-state index in [0.29, 0.717) is 37.4 Å².